The Morgan fingerprint density at radius 1 is 1.27 bits per heavy atom. The van der Waals surface area contributed by atoms with Crippen LogP contribution in [0.2, 0.25) is 0 Å². The van der Waals surface area contributed by atoms with E-state index in [4.69, 9.17) is 14.4 Å². The largest absolute Gasteiger partial charge is 0.478 e. The van der Waals surface area contributed by atoms with Crippen molar-refractivity contribution < 1.29 is 24.0 Å². The highest BCUT2D eigenvalue weighted by atomic mass is 16.5. The van der Waals surface area contributed by atoms with Crippen molar-refractivity contribution in [1.29, 1.82) is 0 Å². The number of nitrogens with zero attached hydrogens (tertiary/aromatic N) is 2. The van der Waals surface area contributed by atoms with Gasteiger partial charge in [0.1, 0.15) is 0 Å². The average molecular weight is 361 g/mol. The molecule has 0 bridgehead atoms. The summed E-state index contributed by atoms with van der Waals surface area (Å²) in [6.45, 7) is 2.30. The Hall–Kier alpha value is -2.74. The highest BCUT2D eigenvalue weighted by Crippen LogP contribution is 2.17. The minimum absolute atomic E-state index is 0.101. The van der Waals surface area contributed by atoms with Gasteiger partial charge in [-0.3, -0.25) is 4.79 Å². The Kier molecular flexibility index (Phi) is 7.28. The fourth-order valence-corrected chi connectivity index (χ4v) is 2.48. The van der Waals surface area contributed by atoms with E-state index < -0.39 is 5.97 Å². The van der Waals surface area contributed by atoms with Crippen LogP contribution in [0.25, 0.3) is 0 Å². The normalized spacial score (nSPS) is 10.7. The molecule has 0 unspecified atom stereocenters. The number of carbonyl (C=O) groups excluding carboxylic acids is 1. The summed E-state index contributed by atoms with van der Waals surface area (Å²) in [5.41, 5.74) is 1.21. The Labute approximate surface area is 151 Å². The lowest BCUT2D eigenvalue weighted by Crippen LogP contribution is -2.13. The zero-order valence-electron chi connectivity index (χ0n) is 14.9. The number of aryl methyl sites for hydroxylation is 2. The van der Waals surface area contributed by atoms with E-state index in [1.54, 1.807) is 6.07 Å². The lowest BCUT2D eigenvalue weighted by Gasteiger charge is -2.09. The Bertz CT molecular complexity index is 757. The predicted molar refractivity (Wildman–Crippen MR) is 94.0 cm³/mol. The van der Waals surface area contributed by atoms with Crippen molar-refractivity contribution in [3.63, 3.8) is 0 Å². The molecule has 8 nitrogen and oxygen atoms in total. The summed E-state index contributed by atoms with van der Waals surface area (Å²) >= 11 is 0. The summed E-state index contributed by atoms with van der Waals surface area (Å²) in [4.78, 5) is 27.6. The number of carboxylic acid groups (broad SMARTS) is 1. The molecule has 0 fully saturated rings. The maximum Gasteiger partial charge on any atom is 0.335 e. The molecule has 26 heavy (non-hydrogen) atoms. The molecule has 1 heterocycles. The molecule has 0 saturated carbocycles. The van der Waals surface area contributed by atoms with Crippen LogP contribution in [0, 0.1) is 0 Å². The quantitative estimate of drug-likeness (QED) is 0.668. The van der Waals surface area contributed by atoms with Crippen LogP contribution in [0.1, 0.15) is 53.8 Å². The number of methoxy groups -OCH3 is 1. The summed E-state index contributed by atoms with van der Waals surface area (Å²) in [7, 11) is 1.52. The topological polar surface area (TPSA) is 115 Å². The molecule has 1 amide bonds. The molecule has 0 atom stereocenters. The van der Waals surface area contributed by atoms with Gasteiger partial charge in [-0.05, 0) is 36.6 Å². The smallest absolute Gasteiger partial charge is 0.335 e. The molecule has 0 saturated heterocycles. The molecule has 0 radical (unpaired) electrons. The molecule has 0 aliphatic rings. The molecule has 0 aliphatic carbocycles. The van der Waals surface area contributed by atoms with Gasteiger partial charge in [0.15, 0.2) is 5.82 Å². The lowest BCUT2D eigenvalue weighted by molar-refractivity contribution is -0.116. The zero-order valence-corrected chi connectivity index (χ0v) is 14.9. The molecule has 2 aromatic rings. The van der Waals surface area contributed by atoms with E-state index in [9.17, 15) is 9.59 Å². The molecule has 8 heteroatoms. The summed E-state index contributed by atoms with van der Waals surface area (Å²) in [6, 6.07) is 4.64. The number of rotatable bonds is 10. The monoisotopic (exact) mass is 361 g/mol. The van der Waals surface area contributed by atoms with Crippen LogP contribution in [0.15, 0.2) is 22.7 Å². The number of hydrogen-bond acceptors (Lipinski definition) is 6. The predicted octanol–water partition coefficient (Wildman–Crippen LogP) is 2.83. The maximum atomic E-state index is 12.1. The number of aromatic carboxylic acids is 1. The van der Waals surface area contributed by atoms with Crippen molar-refractivity contribution in [3.8, 4) is 0 Å². The van der Waals surface area contributed by atoms with Crippen molar-refractivity contribution in [1.82, 2.24) is 10.1 Å². The molecule has 1 aromatic heterocycles. The van der Waals surface area contributed by atoms with Gasteiger partial charge in [0.25, 0.3) is 0 Å². The van der Waals surface area contributed by atoms with Crippen LogP contribution in [0.5, 0.6) is 0 Å². The summed E-state index contributed by atoms with van der Waals surface area (Å²) in [5, 5.41) is 15.8. The van der Waals surface area contributed by atoms with Crippen molar-refractivity contribution in [2.24, 2.45) is 0 Å². The second kappa shape index (κ2) is 9.67. The molecule has 0 aliphatic heterocycles. The van der Waals surface area contributed by atoms with E-state index in [0.717, 1.165) is 12.8 Å². The molecular formula is C18H23N3O5. The summed E-state index contributed by atoms with van der Waals surface area (Å²) in [5.74, 6) is -0.0541. The van der Waals surface area contributed by atoms with Gasteiger partial charge < -0.3 is 19.7 Å². The Morgan fingerprint density at radius 3 is 2.77 bits per heavy atom. The van der Waals surface area contributed by atoms with Gasteiger partial charge >= 0.3 is 5.97 Å². The number of carboxylic acids is 1. The summed E-state index contributed by atoms with van der Waals surface area (Å²) in [6.07, 6.45) is 3.06. The average Bonchev–Trinajstić information content (AvgIpc) is 3.02. The van der Waals surface area contributed by atoms with Crippen molar-refractivity contribution >= 4 is 17.6 Å². The van der Waals surface area contributed by atoms with Crippen molar-refractivity contribution in [3.05, 3.63) is 41.0 Å². The molecule has 2 rings (SSSR count). The van der Waals surface area contributed by atoms with Crippen LogP contribution >= 0.6 is 0 Å². The van der Waals surface area contributed by atoms with Gasteiger partial charge in [0, 0.05) is 32.1 Å². The number of aromatic nitrogens is 2. The highest BCUT2D eigenvalue weighted by molar-refractivity contribution is 5.94. The fraction of sp³-hybridized carbons (Fsp3) is 0.444. The number of nitrogens with one attached hydrogen (secondary N) is 1. The first kappa shape index (κ1) is 19.6. The van der Waals surface area contributed by atoms with Crippen molar-refractivity contribution in [2.45, 2.75) is 45.6 Å². The standard InChI is InChI=1S/C18H23N3O5/c1-3-5-15-20-17(26-21-15)7-4-6-16(22)19-14-9-12(11-25-2)8-13(10-14)18(23)24/h8-10H,3-7,11H2,1-2H3,(H,19,22)(H,23,24). The van der Waals surface area contributed by atoms with Crippen LogP contribution in [0.4, 0.5) is 5.69 Å². The number of carbonyl (C=O) groups is 2. The Balaban J connectivity index is 1.89. The van der Waals surface area contributed by atoms with E-state index in [-0.39, 0.29) is 24.5 Å². The van der Waals surface area contributed by atoms with Crippen LogP contribution in [-0.2, 0) is 29.0 Å². The third kappa shape index (κ3) is 5.96. The number of ether oxygens (including phenoxy) is 1. The van der Waals surface area contributed by atoms with Crippen LogP contribution in [0.3, 0.4) is 0 Å². The number of amides is 1. The second-order valence-electron chi connectivity index (χ2n) is 5.91. The van der Waals surface area contributed by atoms with Crippen molar-refractivity contribution in [2.75, 3.05) is 12.4 Å². The molecule has 1 aromatic carbocycles. The van der Waals surface area contributed by atoms with Gasteiger partial charge in [-0.1, -0.05) is 12.1 Å². The minimum Gasteiger partial charge on any atom is -0.478 e. The first-order valence-electron chi connectivity index (χ1n) is 8.49. The maximum absolute atomic E-state index is 12.1. The van der Waals surface area contributed by atoms with Gasteiger partial charge in [-0.2, -0.15) is 4.98 Å². The highest BCUT2D eigenvalue weighted by Gasteiger charge is 2.11. The van der Waals surface area contributed by atoms with Crippen LogP contribution in [-0.4, -0.2) is 34.2 Å². The zero-order chi connectivity index (χ0) is 18.9. The first-order valence-corrected chi connectivity index (χ1v) is 8.49. The molecular weight excluding hydrogens is 338 g/mol. The summed E-state index contributed by atoms with van der Waals surface area (Å²) < 4.78 is 10.2. The van der Waals surface area contributed by atoms with Gasteiger partial charge in [0.2, 0.25) is 11.8 Å². The van der Waals surface area contributed by atoms with E-state index in [0.29, 0.717) is 35.8 Å². The first-order chi connectivity index (χ1) is 12.5. The second-order valence-corrected chi connectivity index (χ2v) is 5.91. The van der Waals surface area contributed by atoms with E-state index in [1.165, 1.54) is 19.2 Å². The van der Waals surface area contributed by atoms with Gasteiger partial charge in [-0.25, -0.2) is 4.79 Å². The fourth-order valence-electron chi connectivity index (χ4n) is 2.48. The third-order valence-electron chi connectivity index (χ3n) is 3.61. The minimum atomic E-state index is -1.06. The van der Waals surface area contributed by atoms with Gasteiger partial charge in [0.05, 0.1) is 12.2 Å². The third-order valence-corrected chi connectivity index (χ3v) is 3.61. The molecule has 2 N–H and O–H groups in total. The number of anilines is 1. The number of benzene rings is 1. The van der Waals surface area contributed by atoms with Crippen LogP contribution < -0.4 is 5.32 Å². The van der Waals surface area contributed by atoms with E-state index in [2.05, 4.69) is 15.5 Å². The van der Waals surface area contributed by atoms with E-state index >= 15 is 0 Å². The molecule has 140 valence electrons. The lowest BCUT2D eigenvalue weighted by atomic mass is 10.1. The number of hydrogen-bond donors (Lipinski definition) is 2. The van der Waals surface area contributed by atoms with Gasteiger partial charge in [-0.15, -0.1) is 0 Å². The Morgan fingerprint density at radius 2 is 2.08 bits per heavy atom. The molecule has 0 spiro atoms. The van der Waals surface area contributed by atoms with E-state index in [1.807, 2.05) is 6.92 Å². The SMILES string of the molecule is CCCc1noc(CCCC(=O)Nc2cc(COC)cc(C(=O)O)c2)n1.